The number of aromatic nitrogens is 3. The van der Waals surface area contributed by atoms with Gasteiger partial charge in [0.1, 0.15) is 5.82 Å². The molecule has 2 aromatic carbocycles. The van der Waals surface area contributed by atoms with Gasteiger partial charge >= 0.3 is 0 Å². The maximum atomic E-state index is 12.2. The summed E-state index contributed by atoms with van der Waals surface area (Å²) in [5, 5.41) is 12.4. The molecule has 1 N–H and O–H groups in total. The van der Waals surface area contributed by atoms with E-state index >= 15 is 0 Å². The average Bonchev–Trinajstić information content (AvgIpc) is 3.07. The maximum Gasteiger partial charge on any atom is 0.225 e. The van der Waals surface area contributed by atoms with Crippen LogP contribution in [-0.4, -0.2) is 26.4 Å². The third kappa shape index (κ3) is 4.32. The number of carbonyl (C=O) groups is 1. The number of hydrogen-bond acceptors (Lipinski definition) is 4. The number of aryl methyl sites for hydroxylation is 2. The molecule has 0 aliphatic carbocycles. The highest BCUT2D eigenvalue weighted by molar-refractivity contribution is 7.99. The quantitative estimate of drug-likeness (QED) is 0.635. The largest absolute Gasteiger partial charge is 0.326 e. The van der Waals surface area contributed by atoms with Crippen molar-refractivity contribution in [3.63, 3.8) is 0 Å². The fourth-order valence-electron chi connectivity index (χ4n) is 2.62. The van der Waals surface area contributed by atoms with Crippen molar-refractivity contribution in [2.45, 2.75) is 31.8 Å². The molecule has 26 heavy (non-hydrogen) atoms. The van der Waals surface area contributed by atoms with Gasteiger partial charge < -0.3 is 5.32 Å². The van der Waals surface area contributed by atoms with Gasteiger partial charge in [-0.2, -0.15) is 0 Å². The van der Waals surface area contributed by atoms with Crippen molar-refractivity contribution in [3.05, 3.63) is 66.0 Å². The van der Waals surface area contributed by atoms with E-state index in [0.717, 1.165) is 34.3 Å². The lowest BCUT2D eigenvalue weighted by Crippen LogP contribution is -2.13. The lowest BCUT2D eigenvalue weighted by atomic mass is 10.2. The normalized spacial score (nSPS) is 10.7. The van der Waals surface area contributed by atoms with E-state index in [1.807, 2.05) is 61.5 Å². The number of amides is 1. The molecule has 0 atom stereocenters. The van der Waals surface area contributed by atoms with Crippen LogP contribution in [0.25, 0.3) is 5.69 Å². The van der Waals surface area contributed by atoms with Gasteiger partial charge in [-0.15, -0.1) is 10.2 Å². The van der Waals surface area contributed by atoms with Crippen molar-refractivity contribution in [2.24, 2.45) is 0 Å². The molecular formula is C20H22N4OS. The summed E-state index contributed by atoms with van der Waals surface area (Å²) < 4.78 is 2.06. The highest BCUT2D eigenvalue weighted by atomic mass is 32.2. The Balaban J connectivity index is 1.63. The molecule has 0 saturated carbocycles. The van der Waals surface area contributed by atoms with Crippen LogP contribution in [0.15, 0.2) is 59.8 Å². The van der Waals surface area contributed by atoms with Crippen LogP contribution >= 0.6 is 11.8 Å². The topological polar surface area (TPSA) is 59.8 Å². The van der Waals surface area contributed by atoms with E-state index in [1.165, 1.54) is 0 Å². The Bertz CT molecular complexity index is 877. The molecule has 1 aromatic heterocycles. The Morgan fingerprint density at radius 3 is 2.54 bits per heavy atom. The molecule has 134 valence electrons. The smallest absolute Gasteiger partial charge is 0.225 e. The molecule has 6 heteroatoms. The summed E-state index contributed by atoms with van der Waals surface area (Å²) >= 11 is 1.55. The number of nitrogens with one attached hydrogen (secondary N) is 1. The fourth-order valence-corrected chi connectivity index (χ4v) is 3.53. The third-order valence-corrected chi connectivity index (χ3v) is 4.94. The molecule has 0 radical (unpaired) electrons. The van der Waals surface area contributed by atoms with Crippen LogP contribution in [-0.2, 0) is 11.2 Å². The van der Waals surface area contributed by atoms with Gasteiger partial charge in [-0.25, -0.2) is 0 Å². The monoisotopic (exact) mass is 366 g/mol. The van der Waals surface area contributed by atoms with E-state index in [2.05, 4.69) is 27.0 Å². The molecule has 3 rings (SSSR count). The number of thioether (sulfide) groups is 1. The van der Waals surface area contributed by atoms with Crippen LogP contribution in [0, 0.1) is 6.92 Å². The Morgan fingerprint density at radius 2 is 1.81 bits per heavy atom. The lowest BCUT2D eigenvalue weighted by molar-refractivity contribution is -0.115. The van der Waals surface area contributed by atoms with Crippen molar-refractivity contribution < 1.29 is 4.79 Å². The zero-order valence-electron chi connectivity index (χ0n) is 15.0. The Hall–Kier alpha value is -2.60. The molecule has 3 aromatic rings. The first-order valence-corrected chi connectivity index (χ1v) is 9.65. The molecule has 0 aliphatic heterocycles. The van der Waals surface area contributed by atoms with Crippen LogP contribution in [0.1, 0.15) is 24.7 Å². The SMILES string of the molecule is CCc1nnc(SCCC(=O)Nc2ccccc2C)n1-c1ccccc1. The van der Waals surface area contributed by atoms with E-state index in [4.69, 9.17) is 0 Å². The van der Waals surface area contributed by atoms with Gasteiger partial charge in [-0.05, 0) is 30.7 Å². The zero-order chi connectivity index (χ0) is 18.4. The van der Waals surface area contributed by atoms with Crippen molar-refractivity contribution in [1.82, 2.24) is 14.8 Å². The summed E-state index contributed by atoms with van der Waals surface area (Å²) in [6, 6.07) is 17.8. The number of anilines is 1. The van der Waals surface area contributed by atoms with Crippen LogP contribution in [0.3, 0.4) is 0 Å². The van der Waals surface area contributed by atoms with Crippen LogP contribution < -0.4 is 5.32 Å². The fraction of sp³-hybridized carbons (Fsp3) is 0.250. The summed E-state index contributed by atoms with van der Waals surface area (Å²) in [5.74, 6) is 1.57. The van der Waals surface area contributed by atoms with Crippen molar-refractivity contribution in [2.75, 3.05) is 11.1 Å². The summed E-state index contributed by atoms with van der Waals surface area (Å²) in [6.45, 7) is 4.05. The lowest BCUT2D eigenvalue weighted by Gasteiger charge is -2.10. The Labute approximate surface area is 157 Å². The van der Waals surface area contributed by atoms with Crippen LogP contribution in [0.5, 0.6) is 0 Å². The van der Waals surface area contributed by atoms with Gasteiger partial charge in [0.05, 0.1) is 0 Å². The Kier molecular flexibility index (Phi) is 6.07. The molecule has 1 heterocycles. The van der Waals surface area contributed by atoms with Gasteiger partial charge in [-0.3, -0.25) is 9.36 Å². The Morgan fingerprint density at radius 1 is 1.08 bits per heavy atom. The first-order chi connectivity index (χ1) is 12.7. The number of hydrogen-bond donors (Lipinski definition) is 1. The van der Waals surface area contributed by atoms with E-state index < -0.39 is 0 Å². The minimum Gasteiger partial charge on any atom is -0.326 e. The first-order valence-electron chi connectivity index (χ1n) is 8.67. The number of benzene rings is 2. The van der Waals surface area contributed by atoms with E-state index in [1.54, 1.807) is 11.8 Å². The summed E-state index contributed by atoms with van der Waals surface area (Å²) in [6.07, 6.45) is 1.22. The van der Waals surface area contributed by atoms with Gasteiger partial charge in [0.2, 0.25) is 5.91 Å². The summed E-state index contributed by atoms with van der Waals surface area (Å²) in [4.78, 5) is 12.2. The number of para-hydroxylation sites is 2. The molecular weight excluding hydrogens is 344 g/mol. The molecule has 0 fully saturated rings. The highest BCUT2D eigenvalue weighted by Crippen LogP contribution is 2.23. The number of carbonyl (C=O) groups excluding carboxylic acids is 1. The highest BCUT2D eigenvalue weighted by Gasteiger charge is 2.13. The molecule has 0 spiro atoms. The van der Waals surface area contributed by atoms with Gasteiger partial charge in [-0.1, -0.05) is 55.1 Å². The molecule has 0 unspecified atom stereocenters. The molecule has 0 bridgehead atoms. The number of nitrogens with zero attached hydrogens (tertiary/aromatic N) is 3. The van der Waals surface area contributed by atoms with E-state index in [9.17, 15) is 4.79 Å². The predicted octanol–water partition coefficient (Wildman–Crippen LogP) is 4.26. The predicted molar refractivity (Wildman–Crippen MR) is 106 cm³/mol. The summed E-state index contributed by atoms with van der Waals surface area (Å²) in [5.41, 5.74) is 2.97. The van der Waals surface area contributed by atoms with E-state index in [0.29, 0.717) is 12.2 Å². The van der Waals surface area contributed by atoms with Crippen LogP contribution in [0.4, 0.5) is 5.69 Å². The molecule has 0 aliphatic rings. The van der Waals surface area contributed by atoms with Crippen molar-refractivity contribution in [3.8, 4) is 5.69 Å². The molecule has 5 nitrogen and oxygen atoms in total. The average molecular weight is 366 g/mol. The third-order valence-electron chi connectivity index (χ3n) is 4.01. The van der Waals surface area contributed by atoms with Crippen molar-refractivity contribution in [1.29, 1.82) is 0 Å². The molecule has 0 saturated heterocycles. The standard InChI is InChI=1S/C20H22N4OS/c1-3-18-22-23-20(24(18)16-10-5-4-6-11-16)26-14-13-19(25)21-17-12-8-7-9-15(17)2/h4-12H,3,13-14H2,1-2H3,(H,21,25). The maximum absolute atomic E-state index is 12.2. The zero-order valence-corrected chi connectivity index (χ0v) is 15.8. The number of rotatable bonds is 7. The second-order valence-electron chi connectivity index (χ2n) is 5.88. The van der Waals surface area contributed by atoms with Gasteiger partial charge in [0.25, 0.3) is 0 Å². The second kappa shape index (κ2) is 8.67. The minimum absolute atomic E-state index is 0.00768. The minimum atomic E-state index is 0.00768. The van der Waals surface area contributed by atoms with Gasteiger partial charge in [0.15, 0.2) is 5.16 Å². The van der Waals surface area contributed by atoms with Gasteiger partial charge in [0, 0.05) is 30.0 Å². The summed E-state index contributed by atoms with van der Waals surface area (Å²) in [7, 11) is 0. The van der Waals surface area contributed by atoms with Crippen LogP contribution in [0.2, 0.25) is 0 Å². The van der Waals surface area contributed by atoms with Crippen molar-refractivity contribution >= 4 is 23.4 Å². The molecule has 1 amide bonds. The second-order valence-corrected chi connectivity index (χ2v) is 6.95. The van der Waals surface area contributed by atoms with E-state index in [-0.39, 0.29) is 5.91 Å². The first kappa shape index (κ1) is 18.2.